The van der Waals surface area contributed by atoms with Gasteiger partial charge in [-0.05, 0) is 67.0 Å². The molecule has 2 atom stereocenters. The molecule has 1 heterocycles. The molecule has 0 amide bonds. The molecule has 0 spiro atoms. The van der Waals surface area contributed by atoms with Crippen molar-refractivity contribution >= 4 is 0 Å². The zero-order chi connectivity index (χ0) is 17.1. The van der Waals surface area contributed by atoms with Gasteiger partial charge in [-0.3, -0.25) is 4.90 Å². The van der Waals surface area contributed by atoms with E-state index >= 15 is 0 Å². The van der Waals surface area contributed by atoms with E-state index in [2.05, 4.69) is 36.9 Å². The minimum atomic E-state index is -0.179. The van der Waals surface area contributed by atoms with Crippen LogP contribution in [0.5, 0.6) is 0 Å². The Morgan fingerprint density at radius 1 is 1.00 bits per heavy atom. The number of aryl methyl sites for hydroxylation is 2. The molecule has 128 valence electrons. The molecular weight excluding hydrogens is 299 g/mol. The van der Waals surface area contributed by atoms with Gasteiger partial charge in [0.2, 0.25) is 0 Å². The van der Waals surface area contributed by atoms with Gasteiger partial charge in [0, 0.05) is 25.7 Å². The first-order valence-electron chi connectivity index (χ1n) is 8.78. The number of rotatable bonds is 4. The van der Waals surface area contributed by atoms with E-state index in [9.17, 15) is 4.39 Å². The van der Waals surface area contributed by atoms with E-state index in [1.165, 1.54) is 28.8 Å². The number of hydrogen-bond acceptors (Lipinski definition) is 2. The zero-order valence-corrected chi connectivity index (χ0v) is 14.6. The third-order valence-corrected chi connectivity index (χ3v) is 5.06. The van der Waals surface area contributed by atoms with Crippen LogP contribution in [-0.4, -0.2) is 24.0 Å². The van der Waals surface area contributed by atoms with Crippen LogP contribution in [-0.2, 0) is 13.0 Å². The lowest BCUT2D eigenvalue weighted by Gasteiger charge is -2.36. The van der Waals surface area contributed by atoms with Gasteiger partial charge in [-0.1, -0.05) is 30.3 Å². The Bertz CT molecular complexity index is 681. The molecule has 1 fully saturated rings. The summed E-state index contributed by atoms with van der Waals surface area (Å²) in [6.07, 6.45) is 2.15. The molecular formula is C21H27FN2. The summed E-state index contributed by atoms with van der Waals surface area (Å²) in [5.41, 5.74) is 11.6. The van der Waals surface area contributed by atoms with Gasteiger partial charge in [0.25, 0.3) is 0 Å². The van der Waals surface area contributed by atoms with Crippen LogP contribution in [0.4, 0.5) is 4.39 Å². The van der Waals surface area contributed by atoms with E-state index in [0.717, 1.165) is 38.0 Å². The SMILES string of the molecule is Cc1ccc(CC2CC(N)CN(Cc3ccc(F)cc3)C2)cc1C. The fourth-order valence-corrected chi connectivity index (χ4v) is 3.74. The maximum absolute atomic E-state index is 13.1. The van der Waals surface area contributed by atoms with Crippen LogP contribution >= 0.6 is 0 Å². The highest BCUT2D eigenvalue weighted by Crippen LogP contribution is 2.23. The largest absolute Gasteiger partial charge is 0.327 e. The summed E-state index contributed by atoms with van der Waals surface area (Å²) >= 11 is 0. The third-order valence-electron chi connectivity index (χ3n) is 5.06. The molecule has 24 heavy (non-hydrogen) atoms. The van der Waals surface area contributed by atoms with Crippen molar-refractivity contribution in [1.82, 2.24) is 4.90 Å². The molecule has 3 rings (SSSR count). The second-order valence-electron chi connectivity index (χ2n) is 7.31. The normalized spacial score (nSPS) is 21.8. The van der Waals surface area contributed by atoms with Crippen molar-refractivity contribution in [1.29, 1.82) is 0 Å². The summed E-state index contributed by atoms with van der Waals surface area (Å²) in [5, 5.41) is 0. The maximum Gasteiger partial charge on any atom is 0.123 e. The van der Waals surface area contributed by atoms with E-state index in [4.69, 9.17) is 5.73 Å². The average Bonchev–Trinajstić information content (AvgIpc) is 2.53. The fourth-order valence-electron chi connectivity index (χ4n) is 3.74. The van der Waals surface area contributed by atoms with Gasteiger partial charge >= 0.3 is 0 Å². The molecule has 1 aliphatic rings. The van der Waals surface area contributed by atoms with Gasteiger partial charge in [-0.2, -0.15) is 0 Å². The first-order chi connectivity index (χ1) is 11.5. The Balaban J connectivity index is 1.64. The predicted octanol–water partition coefficient (Wildman–Crippen LogP) is 3.83. The Labute approximate surface area is 144 Å². The number of nitrogens with zero attached hydrogens (tertiary/aromatic N) is 1. The number of nitrogens with two attached hydrogens (primary N) is 1. The van der Waals surface area contributed by atoms with Gasteiger partial charge in [-0.15, -0.1) is 0 Å². The molecule has 1 saturated heterocycles. The van der Waals surface area contributed by atoms with Gasteiger partial charge in [0.15, 0.2) is 0 Å². The van der Waals surface area contributed by atoms with Crippen LogP contribution in [0.1, 0.15) is 28.7 Å². The maximum atomic E-state index is 13.1. The summed E-state index contributed by atoms with van der Waals surface area (Å²) in [6, 6.07) is 13.8. The van der Waals surface area contributed by atoms with Crippen LogP contribution in [0.2, 0.25) is 0 Å². The van der Waals surface area contributed by atoms with Crippen molar-refractivity contribution in [3.05, 3.63) is 70.5 Å². The lowest BCUT2D eigenvalue weighted by molar-refractivity contribution is 0.149. The molecule has 0 bridgehead atoms. The number of likely N-dealkylation sites (tertiary alicyclic amines) is 1. The predicted molar refractivity (Wildman–Crippen MR) is 97.4 cm³/mol. The monoisotopic (exact) mass is 326 g/mol. The summed E-state index contributed by atoms with van der Waals surface area (Å²) in [7, 11) is 0. The first-order valence-corrected chi connectivity index (χ1v) is 8.78. The van der Waals surface area contributed by atoms with Gasteiger partial charge in [-0.25, -0.2) is 4.39 Å². The van der Waals surface area contributed by atoms with Crippen LogP contribution in [0.3, 0.4) is 0 Å². The summed E-state index contributed by atoms with van der Waals surface area (Å²) in [5.74, 6) is 0.401. The van der Waals surface area contributed by atoms with Crippen LogP contribution in [0, 0.1) is 25.6 Å². The Morgan fingerprint density at radius 2 is 1.71 bits per heavy atom. The van der Waals surface area contributed by atoms with E-state index < -0.39 is 0 Å². The molecule has 2 nitrogen and oxygen atoms in total. The van der Waals surface area contributed by atoms with E-state index in [-0.39, 0.29) is 11.9 Å². The lowest BCUT2D eigenvalue weighted by Crippen LogP contribution is -2.47. The number of hydrogen-bond donors (Lipinski definition) is 1. The smallest absolute Gasteiger partial charge is 0.123 e. The van der Waals surface area contributed by atoms with Crippen LogP contribution in [0.15, 0.2) is 42.5 Å². The van der Waals surface area contributed by atoms with E-state index in [1.807, 2.05) is 12.1 Å². The fraction of sp³-hybridized carbons (Fsp3) is 0.429. The van der Waals surface area contributed by atoms with Crippen molar-refractivity contribution in [2.45, 2.75) is 39.3 Å². The molecule has 2 N–H and O–H groups in total. The quantitative estimate of drug-likeness (QED) is 0.925. The zero-order valence-electron chi connectivity index (χ0n) is 14.6. The number of piperidine rings is 1. The van der Waals surface area contributed by atoms with Crippen molar-refractivity contribution in [2.75, 3.05) is 13.1 Å². The van der Waals surface area contributed by atoms with Crippen molar-refractivity contribution < 1.29 is 4.39 Å². The van der Waals surface area contributed by atoms with Crippen molar-refractivity contribution in [3.8, 4) is 0 Å². The standard InChI is InChI=1S/C21H27FN2/c1-15-3-4-18(9-16(15)2)10-19-11-21(23)14-24(13-19)12-17-5-7-20(22)8-6-17/h3-9,19,21H,10-14,23H2,1-2H3. The minimum absolute atomic E-state index is 0.179. The minimum Gasteiger partial charge on any atom is -0.327 e. The highest BCUT2D eigenvalue weighted by Gasteiger charge is 2.25. The summed E-state index contributed by atoms with van der Waals surface area (Å²) < 4.78 is 13.1. The van der Waals surface area contributed by atoms with Crippen molar-refractivity contribution in [2.24, 2.45) is 11.7 Å². The first kappa shape index (κ1) is 17.1. The average molecular weight is 326 g/mol. The number of benzene rings is 2. The molecule has 0 radical (unpaired) electrons. The second kappa shape index (κ2) is 7.45. The molecule has 2 aromatic rings. The Kier molecular flexibility index (Phi) is 5.32. The van der Waals surface area contributed by atoms with Gasteiger partial charge in [0.05, 0.1) is 0 Å². The van der Waals surface area contributed by atoms with E-state index in [0.29, 0.717) is 5.92 Å². The molecule has 0 aromatic heterocycles. The molecule has 2 aromatic carbocycles. The Hall–Kier alpha value is -1.71. The molecule has 3 heteroatoms. The summed E-state index contributed by atoms with van der Waals surface area (Å²) in [4.78, 5) is 2.41. The Morgan fingerprint density at radius 3 is 2.42 bits per heavy atom. The van der Waals surface area contributed by atoms with Crippen LogP contribution < -0.4 is 5.73 Å². The highest BCUT2D eigenvalue weighted by molar-refractivity contribution is 5.30. The van der Waals surface area contributed by atoms with Crippen molar-refractivity contribution in [3.63, 3.8) is 0 Å². The topological polar surface area (TPSA) is 29.3 Å². The highest BCUT2D eigenvalue weighted by atomic mass is 19.1. The lowest BCUT2D eigenvalue weighted by atomic mass is 9.88. The van der Waals surface area contributed by atoms with Gasteiger partial charge < -0.3 is 5.73 Å². The number of halogens is 1. The molecule has 1 aliphatic heterocycles. The second-order valence-corrected chi connectivity index (χ2v) is 7.31. The molecule has 0 aliphatic carbocycles. The summed E-state index contributed by atoms with van der Waals surface area (Å²) in [6.45, 7) is 7.14. The molecule has 2 unspecified atom stereocenters. The van der Waals surface area contributed by atoms with E-state index in [1.54, 1.807) is 0 Å². The molecule has 0 saturated carbocycles. The van der Waals surface area contributed by atoms with Crippen LogP contribution in [0.25, 0.3) is 0 Å². The van der Waals surface area contributed by atoms with Gasteiger partial charge in [0.1, 0.15) is 5.82 Å². The third kappa shape index (κ3) is 4.43.